The second-order valence-corrected chi connectivity index (χ2v) is 7.40. The predicted molar refractivity (Wildman–Crippen MR) is 107 cm³/mol. The van der Waals surface area contributed by atoms with Gasteiger partial charge in [0.05, 0.1) is 5.52 Å². The molecule has 4 rings (SSSR count). The van der Waals surface area contributed by atoms with Crippen LogP contribution in [0.5, 0.6) is 0 Å². The van der Waals surface area contributed by atoms with Gasteiger partial charge in [-0.3, -0.25) is 23.5 Å². The van der Waals surface area contributed by atoms with Gasteiger partial charge in [0.25, 0.3) is 5.56 Å². The molecule has 0 saturated carbocycles. The summed E-state index contributed by atoms with van der Waals surface area (Å²) < 4.78 is 4.25. The molecule has 0 fully saturated rings. The Balaban J connectivity index is 1.56. The highest BCUT2D eigenvalue weighted by Crippen LogP contribution is 2.20. The Labute approximate surface area is 164 Å². The molecule has 1 N–H and O–H groups in total. The lowest BCUT2D eigenvalue weighted by atomic mass is 10.2. The van der Waals surface area contributed by atoms with E-state index in [1.165, 1.54) is 11.3 Å². The van der Waals surface area contributed by atoms with Gasteiger partial charge in [-0.1, -0.05) is 13.0 Å². The van der Waals surface area contributed by atoms with Gasteiger partial charge in [-0.2, -0.15) is 0 Å². The molecule has 0 bridgehead atoms. The van der Waals surface area contributed by atoms with Crippen LogP contribution in [0.1, 0.15) is 31.2 Å². The van der Waals surface area contributed by atoms with E-state index in [4.69, 9.17) is 0 Å². The molecule has 0 unspecified atom stereocenters. The molecule has 4 aromatic heterocycles. The number of aromatic nitrogens is 5. The number of carbonyl (C=O) groups excluding carboxylic acids is 1. The van der Waals surface area contributed by atoms with Crippen LogP contribution in [0.25, 0.3) is 16.0 Å². The minimum Gasteiger partial charge on any atom is -0.352 e. The van der Waals surface area contributed by atoms with E-state index < -0.39 is 0 Å². The van der Waals surface area contributed by atoms with Crippen LogP contribution >= 0.6 is 11.3 Å². The Morgan fingerprint density at radius 3 is 2.96 bits per heavy atom. The maximum absolute atomic E-state index is 12.7. The number of hydrogen-bond donors (Lipinski definition) is 1. The van der Waals surface area contributed by atoms with Crippen LogP contribution in [0, 0.1) is 0 Å². The van der Waals surface area contributed by atoms with E-state index in [0.717, 1.165) is 17.5 Å². The second-order valence-electron chi connectivity index (χ2n) is 6.48. The van der Waals surface area contributed by atoms with E-state index in [9.17, 15) is 9.59 Å². The van der Waals surface area contributed by atoms with E-state index >= 15 is 0 Å². The van der Waals surface area contributed by atoms with Crippen molar-refractivity contribution in [3.8, 4) is 0 Å². The summed E-state index contributed by atoms with van der Waals surface area (Å²) in [7, 11) is 0. The van der Waals surface area contributed by atoms with Crippen LogP contribution < -0.4 is 10.9 Å². The number of carbonyl (C=O) groups is 1. The van der Waals surface area contributed by atoms with Crippen LogP contribution in [-0.4, -0.2) is 30.1 Å². The van der Waals surface area contributed by atoms with Gasteiger partial charge in [-0.15, -0.1) is 21.5 Å². The Kier molecular flexibility index (Phi) is 5.16. The average Bonchev–Trinajstić information content (AvgIpc) is 3.35. The molecule has 0 aromatic carbocycles. The third-order valence-electron chi connectivity index (χ3n) is 4.51. The average molecular weight is 396 g/mol. The number of aryl methyl sites for hydroxylation is 2. The molecule has 0 atom stereocenters. The molecule has 144 valence electrons. The lowest BCUT2D eigenvalue weighted by Gasteiger charge is -2.08. The monoisotopic (exact) mass is 396 g/mol. The van der Waals surface area contributed by atoms with Crippen LogP contribution in [0.2, 0.25) is 0 Å². The van der Waals surface area contributed by atoms with E-state index in [1.54, 1.807) is 17.0 Å². The maximum Gasteiger partial charge on any atom is 0.272 e. The number of fused-ring (bicyclic) bond motifs is 3. The van der Waals surface area contributed by atoms with Gasteiger partial charge >= 0.3 is 0 Å². The van der Waals surface area contributed by atoms with Gasteiger partial charge in [-0.25, -0.2) is 0 Å². The number of thiophene rings is 1. The number of nitrogens with zero attached hydrogens (tertiary/aromatic N) is 5. The zero-order chi connectivity index (χ0) is 19.5. The molecule has 4 aromatic rings. The van der Waals surface area contributed by atoms with Gasteiger partial charge in [0.2, 0.25) is 11.7 Å². The SMILES string of the molecule is CCCn1c(=O)c2sccc2n2c(CCC(=O)NCc3cccnc3)nnc12. The van der Waals surface area contributed by atoms with Crippen molar-refractivity contribution in [3.63, 3.8) is 0 Å². The fourth-order valence-corrected chi connectivity index (χ4v) is 4.01. The molecule has 28 heavy (non-hydrogen) atoms. The molecule has 9 heteroatoms. The molecule has 0 aliphatic heterocycles. The lowest BCUT2D eigenvalue weighted by Crippen LogP contribution is -2.24. The molecule has 1 amide bonds. The van der Waals surface area contributed by atoms with Crippen LogP contribution in [0.15, 0.2) is 40.8 Å². The molecule has 0 saturated heterocycles. The molecule has 4 heterocycles. The van der Waals surface area contributed by atoms with Gasteiger partial charge in [0.1, 0.15) is 10.5 Å². The Morgan fingerprint density at radius 2 is 2.18 bits per heavy atom. The second kappa shape index (κ2) is 7.89. The Hall–Kier alpha value is -3.07. The summed E-state index contributed by atoms with van der Waals surface area (Å²) in [6, 6.07) is 5.66. The van der Waals surface area contributed by atoms with E-state index in [0.29, 0.717) is 42.2 Å². The Morgan fingerprint density at radius 1 is 1.29 bits per heavy atom. The lowest BCUT2D eigenvalue weighted by molar-refractivity contribution is -0.121. The third kappa shape index (κ3) is 3.40. The first-order valence-corrected chi connectivity index (χ1v) is 10.1. The van der Waals surface area contributed by atoms with Crippen molar-refractivity contribution >= 4 is 33.2 Å². The summed E-state index contributed by atoms with van der Waals surface area (Å²) >= 11 is 1.42. The third-order valence-corrected chi connectivity index (χ3v) is 5.41. The minimum absolute atomic E-state index is 0.0347. The summed E-state index contributed by atoms with van der Waals surface area (Å²) in [4.78, 5) is 29.0. The molecular formula is C19H20N6O2S. The molecule has 0 aliphatic rings. The van der Waals surface area contributed by atoms with Crippen LogP contribution in [0.4, 0.5) is 0 Å². The summed E-state index contributed by atoms with van der Waals surface area (Å²) in [5.74, 6) is 1.15. The van der Waals surface area contributed by atoms with Crippen molar-refractivity contribution in [1.29, 1.82) is 0 Å². The minimum atomic E-state index is -0.0657. The zero-order valence-electron chi connectivity index (χ0n) is 15.5. The first kappa shape index (κ1) is 18.3. The highest BCUT2D eigenvalue weighted by atomic mass is 32.1. The van der Waals surface area contributed by atoms with Crippen molar-refractivity contribution in [2.24, 2.45) is 0 Å². The summed E-state index contributed by atoms with van der Waals surface area (Å²) in [5.41, 5.74) is 1.72. The van der Waals surface area contributed by atoms with E-state index in [-0.39, 0.29) is 11.5 Å². The fourth-order valence-electron chi connectivity index (χ4n) is 3.18. The number of pyridine rings is 1. The largest absolute Gasteiger partial charge is 0.352 e. The van der Waals surface area contributed by atoms with Gasteiger partial charge in [-0.05, 0) is 29.5 Å². The summed E-state index contributed by atoms with van der Waals surface area (Å²) in [6.45, 7) is 3.05. The number of amides is 1. The highest BCUT2D eigenvalue weighted by Gasteiger charge is 2.17. The zero-order valence-corrected chi connectivity index (χ0v) is 16.3. The normalized spacial score (nSPS) is 11.3. The summed E-state index contributed by atoms with van der Waals surface area (Å²) in [5, 5.41) is 13.3. The number of rotatable bonds is 7. The molecule has 0 spiro atoms. The van der Waals surface area contributed by atoms with Crippen molar-refractivity contribution in [2.45, 2.75) is 39.3 Å². The first-order chi connectivity index (χ1) is 13.7. The highest BCUT2D eigenvalue weighted by molar-refractivity contribution is 7.17. The van der Waals surface area contributed by atoms with Crippen molar-refractivity contribution in [3.05, 3.63) is 57.7 Å². The van der Waals surface area contributed by atoms with E-state index in [1.807, 2.05) is 34.9 Å². The quantitative estimate of drug-likeness (QED) is 0.517. The van der Waals surface area contributed by atoms with Gasteiger partial charge in [0.15, 0.2) is 0 Å². The topological polar surface area (TPSA) is 94.2 Å². The van der Waals surface area contributed by atoms with Gasteiger partial charge in [0, 0.05) is 38.3 Å². The van der Waals surface area contributed by atoms with Crippen molar-refractivity contribution in [1.82, 2.24) is 29.5 Å². The molecular weight excluding hydrogens is 376 g/mol. The fraction of sp³-hybridized carbons (Fsp3) is 0.316. The molecule has 8 nitrogen and oxygen atoms in total. The number of hydrogen-bond acceptors (Lipinski definition) is 6. The standard InChI is InChI=1S/C19H20N6O2S/c1-2-9-24-18(27)17-14(7-10-28-17)25-15(22-23-19(24)25)5-6-16(26)21-12-13-4-3-8-20-11-13/h3-4,7-8,10-11H,2,5-6,9,12H2,1H3,(H,21,26). The molecule has 0 aliphatic carbocycles. The van der Waals surface area contributed by atoms with Crippen molar-refractivity contribution < 1.29 is 4.79 Å². The predicted octanol–water partition coefficient (Wildman–Crippen LogP) is 2.16. The molecule has 0 radical (unpaired) electrons. The summed E-state index contributed by atoms with van der Waals surface area (Å²) in [6.07, 6.45) is 4.98. The van der Waals surface area contributed by atoms with Crippen molar-refractivity contribution in [2.75, 3.05) is 0 Å². The van der Waals surface area contributed by atoms with Gasteiger partial charge < -0.3 is 5.32 Å². The maximum atomic E-state index is 12.7. The first-order valence-electron chi connectivity index (χ1n) is 9.18. The Bertz CT molecular complexity index is 1180. The smallest absolute Gasteiger partial charge is 0.272 e. The number of nitrogens with one attached hydrogen (secondary N) is 1. The van der Waals surface area contributed by atoms with E-state index in [2.05, 4.69) is 20.5 Å². The van der Waals surface area contributed by atoms with Crippen LogP contribution in [-0.2, 0) is 24.3 Å². The van der Waals surface area contributed by atoms with Crippen LogP contribution in [0.3, 0.4) is 0 Å².